The number of carbonyl (C=O) groups is 1. The molecule has 124 valence electrons. The van der Waals surface area contributed by atoms with Gasteiger partial charge < -0.3 is 14.6 Å². The average molecular weight is 316 g/mol. The van der Waals surface area contributed by atoms with Gasteiger partial charge in [-0.2, -0.15) is 0 Å². The number of aliphatic hydroxyl groups is 1. The van der Waals surface area contributed by atoms with E-state index in [-0.39, 0.29) is 5.92 Å². The van der Waals surface area contributed by atoms with E-state index in [1.54, 1.807) is 0 Å². The average Bonchev–Trinajstić information content (AvgIpc) is 2.69. The van der Waals surface area contributed by atoms with Gasteiger partial charge in [-0.05, 0) is 32.3 Å². The van der Waals surface area contributed by atoms with E-state index in [4.69, 9.17) is 9.47 Å². The number of rotatable bonds is 5. The molecule has 1 N–H and O–H groups in total. The van der Waals surface area contributed by atoms with Crippen molar-refractivity contribution in [2.24, 2.45) is 5.92 Å². The Morgan fingerprint density at radius 2 is 2.04 bits per heavy atom. The minimum atomic E-state index is -1.37. The van der Waals surface area contributed by atoms with Crippen molar-refractivity contribution in [2.45, 2.75) is 50.9 Å². The lowest BCUT2D eigenvalue weighted by Crippen LogP contribution is -2.46. The molecule has 0 unspecified atom stereocenters. The van der Waals surface area contributed by atoms with Gasteiger partial charge >= 0.3 is 5.97 Å². The molecule has 1 aliphatic carbocycles. The topological polar surface area (TPSA) is 55.8 Å². The van der Waals surface area contributed by atoms with Crippen molar-refractivity contribution in [1.82, 2.24) is 0 Å². The Kier molecular flexibility index (Phi) is 4.30. The van der Waals surface area contributed by atoms with Gasteiger partial charge in [0.25, 0.3) is 0 Å². The van der Waals surface area contributed by atoms with Crippen LogP contribution in [0, 0.1) is 5.92 Å². The van der Waals surface area contributed by atoms with Gasteiger partial charge in [0.1, 0.15) is 5.60 Å². The Labute approximate surface area is 137 Å². The van der Waals surface area contributed by atoms with E-state index >= 15 is 0 Å². The molecule has 0 spiro atoms. The lowest BCUT2D eigenvalue weighted by atomic mass is 9.70. The summed E-state index contributed by atoms with van der Waals surface area (Å²) >= 11 is 0. The molecule has 0 amide bonds. The molecule has 0 aromatic heterocycles. The summed E-state index contributed by atoms with van der Waals surface area (Å²) in [5.41, 5.74) is 0.251. The molecule has 1 heterocycles. The number of ether oxygens (including phenoxy) is 2. The maximum atomic E-state index is 12.1. The van der Waals surface area contributed by atoms with Crippen LogP contribution in [0.3, 0.4) is 0 Å². The van der Waals surface area contributed by atoms with Gasteiger partial charge in [0.15, 0.2) is 5.60 Å². The van der Waals surface area contributed by atoms with Crippen molar-refractivity contribution in [3.8, 4) is 0 Å². The van der Waals surface area contributed by atoms with Gasteiger partial charge in [-0.15, -0.1) is 0 Å². The molecule has 1 aliphatic heterocycles. The normalized spacial score (nSPS) is 28.9. The monoisotopic (exact) mass is 316 g/mol. The van der Waals surface area contributed by atoms with E-state index in [9.17, 15) is 9.90 Å². The Hall–Kier alpha value is -1.65. The summed E-state index contributed by atoms with van der Waals surface area (Å²) < 4.78 is 11.1. The maximum Gasteiger partial charge on any atom is 0.339 e. The molecule has 1 aromatic carbocycles. The SMILES string of the molecule is CC1(C)OC(=O)[C@@]2(O)CC(CCOCc3ccccc3)=CC[C@@H]12. The number of hydrogen-bond acceptors (Lipinski definition) is 4. The van der Waals surface area contributed by atoms with Crippen LogP contribution in [0.2, 0.25) is 0 Å². The largest absolute Gasteiger partial charge is 0.457 e. The van der Waals surface area contributed by atoms with Gasteiger partial charge in [0.05, 0.1) is 13.2 Å². The third kappa shape index (κ3) is 3.19. The number of hydrogen-bond donors (Lipinski definition) is 1. The molecule has 3 rings (SSSR count). The van der Waals surface area contributed by atoms with Gasteiger partial charge in [0, 0.05) is 12.3 Å². The zero-order valence-electron chi connectivity index (χ0n) is 13.7. The summed E-state index contributed by atoms with van der Waals surface area (Å²) in [5.74, 6) is -0.653. The molecular formula is C19H24O4. The molecule has 0 bridgehead atoms. The van der Waals surface area contributed by atoms with Crippen molar-refractivity contribution in [2.75, 3.05) is 6.61 Å². The molecule has 0 radical (unpaired) electrons. The lowest BCUT2D eigenvalue weighted by Gasteiger charge is -2.34. The fraction of sp³-hybridized carbons (Fsp3) is 0.526. The predicted molar refractivity (Wildman–Crippen MR) is 86.6 cm³/mol. The van der Waals surface area contributed by atoms with E-state index in [1.807, 2.05) is 44.2 Å². The fourth-order valence-electron chi connectivity index (χ4n) is 3.65. The summed E-state index contributed by atoms with van der Waals surface area (Å²) in [6, 6.07) is 10.0. The summed E-state index contributed by atoms with van der Waals surface area (Å²) in [6.07, 6.45) is 3.89. The van der Waals surface area contributed by atoms with Gasteiger partial charge in [-0.25, -0.2) is 4.79 Å². The molecule has 23 heavy (non-hydrogen) atoms. The molecule has 1 saturated heterocycles. The van der Waals surface area contributed by atoms with E-state index in [0.717, 1.165) is 17.6 Å². The van der Waals surface area contributed by atoms with Gasteiger partial charge in [-0.1, -0.05) is 42.0 Å². The van der Waals surface area contributed by atoms with E-state index in [1.165, 1.54) is 0 Å². The highest BCUT2D eigenvalue weighted by Gasteiger charge is 2.60. The molecule has 1 aromatic rings. The number of fused-ring (bicyclic) bond motifs is 1. The maximum absolute atomic E-state index is 12.1. The number of cyclic esters (lactones) is 1. The molecule has 2 atom stereocenters. The summed E-state index contributed by atoms with van der Waals surface area (Å²) in [7, 11) is 0. The molecule has 0 saturated carbocycles. The van der Waals surface area contributed by atoms with Crippen LogP contribution in [0.25, 0.3) is 0 Å². The van der Waals surface area contributed by atoms with Gasteiger partial charge in [0.2, 0.25) is 0 Å². The predicted octanol–water partition coefficient (Wildman–Crippen LogP) is 3.00. The second-order valence-electron chi connectivity index (χ2n) is 7.03. The summed E-state index contributed by atoms with van der Waals surface area (Å²) in [4.78, 5) is 12.1. The van der Waals surface area contributed by atoms with Crippen LogP contribution < -0.4 is 0 Å². The van der Waals surface area contributed by atoms with Crippen LogP contribution in [0.1, 0.15) is 38.7 Å². The van der Waals surface area contributed by atoms with Crippen molar-refractivity contribution in [1.29, 1.82) is 0 Å². The zero-order valence-corrected chi connectivity index (χ0v) is 13.7. The first-order valence-electron chi connectivity index (χ1n) is 8.17. The molecular weight excluding hydrogens is 292 g/mol. The van der Waals surface area contributed by atoms with Crippen LogP contribution in [-0.4, -0.2) is 28.9 Å². The van der Waals surface area contributed by atoms with E-state index in [0.29, 0.717) is 26.1 Å². The van der Waals surface area contributed by atoms with E-state index in [2.05, 4.69) is 6.08 Å². The Balaban J connectivity index is 1.53. The highest BCUT2D eigenvalue weighted by molar-refractivity contribution is 5.83. The lowest BCUT2D eigenvalue weighted by molar-refractivity contribution is -0.157. The Bertz CT molecular complexity index is 605. The first kappa shape index (κ1) is 16.2. The smallest absolute Gasteiger partial charge is 0.339 e. The van der Waals surface area contributed by atoms with Crippen LogP contribution in [0.5, 0.6) is 0 Å². The van der Waals surface area contributed by atoms with Gasteiger partial charge in [-0.3, -0.25) is 0 Å². The molecule has 4 nitrogen and oxygen atoms in total. The standard InChI is InChI=1S/C19H24O4/c1-18(2)16-9-8-14(12-19(16,21)17(20)23-18)10-11-22-13-15-6-4-3-5-7-15/h3-8,16,21H,9-13H2,1-2H3/t16-,19+/m0/s1. The van der Waals surface area contributed by atoms with Crippen molar-refractivity contribution in [3.63, 3.8) is 0 Å². The first-order valence-corrected chi connectivity index (χ1v) is 8.17. The molecule has 4 heteroatoms. The highest BCUT2D eigenvalue weighted by atomic mass is 16.6. The third-order valence-corrected chi connectivity index (χ3v) is 4.94. The number of allylic oxidation sites excluding steroid dienone is 1. The van der Waals surface area contributed by atoms with Crippen LogP contribution >= 0.6 is 0 Å². The molecule has 1 fully saturated rings. The zero-order chi connectivity index (χ0) is 16.5. The van der Waals surface area contributed by atoms with Crippen LogP contribution in [-0.2, 0) is 20.9 Å². The number of esters is 1. The number of carbonyl (C=O) groups excluding carboxylic acids is 1. The number of benzene rings is 1. The van der Waals surface area contributed by atoms with E-state index < -0.39 is 17.2 Å². The molecule has 2 aliphatic rings. The Morgan fingerprint density at radius 3 is 2.78 bits per heavy atom. The first-order chi connectivity index (χ1) is 10.9. The second kappa shape index (κ2) is 6.10. The summed E-state index contributed by atoms with van der Waals surface area (Å²) in [5, 5.41) is 10.8. The Morgan fingerprint density at radius 1 is 1.30 bits per heavy atom. The quantitative estimate of drug-likeness (QED) is 0.515. The van der Waals surface area contributed by atoms with Crippen molar-refractivity contribution >= 4 is 5.97 Å². The van der Waals surface area contributed by atoms with Crippen molar-refractivity contribution in [3.05, 3.63) is 47.5 Å². The third-order valence-electron chi connectivity index (χ3n) is 4.94. The fourth-order valence-corrected chi connectivity index (χ4v) is 3.65. The van der Waals surface area contributed by atoms with Crippen molar-refractivity contribution < 1.29 is 19.4 Å². The highest BCUT2D eigenvalue weighted by Crippen LogP contribution is 2.48. The van der Waals surface area contributed by atoms with Crippen LogP contribution in [0.4, 0.5) is 0 Å². The second-order valence-corrected chi connectivity index (χ2v) is 7.03. The minimum Gasteiger partial charge on any atom is -0.457 e. The minimum absolute atomic E-state index is 0.170. The van der Waals surface area contributed by atoms with Crippen LogP contribution in [0.15, 0.2) is 42.0 Å². The summed E-state index contributed by atoms with van der Waals surface area (Å²) in [6.45, 7) is 4.90.